The Hall–Kier alpha value is -2.46. The Kier molecular flexibility index (Phi) is 9.86. The van der Waals surface area contributed by atoms with Gasteiger partial charge in [-0.2, -0.15) is 5.26 Å². The zero-order valence-electron chi connectivity index (χ0n) is 26.4. The van der Waals surface area contributed by atoms with Crippen LogP contribution in [0.5, 0.6) is 0 Å². The first-order valence-corrected chi connectivity index (χ1v) is 17.3. The van der Waals surface area contributed by atoms with E-state index in [0.717, 1.165) is 79.3 Å². The lowest BCUT2D eigenvalue weighted by atomic mass is 9.65. The number of aliphatic hydroxyl groups excluding tert-OH is 1. The SMILES string of the molecule is CC1=CCC[C@@]2(C)[C@@H](CC[C@@]2(O)CSc2nc(C)cc(C)c2C#N)c2ccc(cc2C(=O)C2CCCCC2)C[C@@H](O)CC1. The minimum absolute atomic E-state index is 0.0268. The molecule has 2 fully saturated rings. The number of hydrogen-bond acceptors (Lipinski definition) is 6. The molecule has 4 atom stereocenters. The first-order valence-electron chi connectivity index (χ1n) is 16.3. The van der Waals surface area contributed by atoms with E-state index >= 15 is 0 Å². The van der Waals surface area contributed by atoms with E-state index in [1.807, 2.05) is 19.9 Å². The molecule has 2 N–H and O–H groups in total. The van der Waals surface area contributed by atoms with Crippen molar-refractivity contribution in [1.29, 1.82) is 5.26 Å². The third-order valence-electron chi connectivity index (χ3n) is 10.8. The highest BCUT2D eigenvalue weighted by molar-refractivity contribution is 7.99. The number of thioether (sulfide) groups is 1. The lowest BCUT2D eigenvalue weighted by molar-refractivity contribution is -0.0422. The van der Waals surface area contributed by atoms with E-state index in [-0.39, 0.29) is 17.6 Å². The predicted octanol–water partition coefficient (Wildman–Crippen LogP) is 8.16. The van der Waals surface area contributed by atoms with Crippen molar-refractivity contribution < 1.29 is 15.0 Å². The number of fused-ring (bicyclic) bond motifs is 8. The molecule has 43 heavy (non-hydrogen) atoms. The molecule has 230 valence electrons. The van der Waals surface area contributed by atoms with Gasteiger partial charge in [0.25, 0.3) is 0 Å². The molecule has 5 nitrogen and oxygen atoms in total. The lowest BCUT2D eigenvalue weighted by Gasteiger charge is -2.44. The van der Waals surface area contributed by atoms with Crippen LogP contribution in [0.3, 0.4) is 0 Å². The molecule has 1 aromatic carbocycles. The molecule has 2 bridgehead atoms. The number of aromatic nitrogens is 1. The summed E-state index contributed by atoms with van der Waals surface area (Å²) in [4.78, 5) is 18.9. The molecule has 0 unspecified atom stereocenters. The molecule has 6 rings (SSSR count). The van der Waals surface area contributed by atoms with Crippen LogP contribution in [-0.2, 0) is 6.42 Å². The first kappa shape index (κ1) is 31.9. The fourth-order valence-corrected chi connectivity index (χ4v) is 9.42. The molecule has 1 aromatic heterocycles. The number of Topliss-reactive ketones (excluding diaryl/α,β-unsaturated/α-hetero) is 1. The second-order valence-corrected chi connectivity index (χ2v) is 14.8. The summed E-state index contributed by atoms with van der Waals surface area (Å²) in [6.45, 7) is 8.25. The zero-order valence-corrected chi connectivity index (χ0v) is 27.2. The molecule has 0 aliphatic heterocycles. The highest BCUT2D eigenvalue weighted by atomic mass is 32.2. The molecule has 4 aliphatic rings. The number of ketones is 1. The van der Waals surface area contributed by atoms with Gasteiger partial charge in [-0.15, -0.1) is 11.8 Å². The van der Waals surface area contributed by atoms with Gasteiger partial charge in [0.1, 0.15) is 11.1 Å². The lowest BCUT2D eigenvalue weighted by Crippen LogP contribution is -2.46. The first-order chi connectivity index (χ1) is 20.5. The Morgan fingerprint density at radius 1 is 1.09 bits per heavy atom. The average Bonchev–Trinajstić information content (AvgIpc) is 3.24. The quantitative estimate of drug-likeness (QED) is 0.204. The van der Waals surface area contributed by atoms with Crippen LogP contribution < -0.4 is 0 Å². The normalized spacial score (nSPS) is 28.5. The van der Waals surface area contributed by atoms with Crippen LogP contribution in [0.4, 0.5) is 0 Å². The van der Waals surface area contributed by atoms with Gasteiger partial charge in [-0.05, 0) is 113 Å². The van der Waals surface area contributed by atoms with E-state index in [2.05, 4.69) is 44.2 Å². The van der Waals surface area contributed by atoms with Crippen LogP contribution >= 0.6 is 11.8 Å². The number of hydrogen-bond donors (Lipinski definition) is 2. The number of pyridine rings is 1. The van der Waals surface area contributed by atoms with Gasteiger partial charge >= 0.3 is 0 Å². The van der Waals surface area contributed by atoms with Crippen molar-refractivity contribution in [2.75, 3.05) is 5.75 Å². The third kappa shape index (κ3) is 6.65. The minimum atomic E-state index is -0.993. The standard InChI is InChI=1S/C37H48N2O3S/c1-24-9-8-17-36(4)33(16-18-37(36,42)23-43-35-32(22-38)25(2)19-26(3)39-35)30-15-13-27(20-29(40)14-12-24)21-31(30)34(41)28-10-6-5-7-11-28/h9,13,15,19,21,28-29,33,40,42H,5-8,10-12,14,16-18,20,23H2,1-4H3/t29-,33-,36-,37+/m0/s1. The molecule has 0 radical (unpaired) electrons. The molecular formula is C37H48N2O3S. The Balaban J connectivity index is 1.56. The average molecular weight is 601 g/mol. The summed E-state index contributed by atoms with van der Waals surface area (Å²) < 4.78 is 0. The van der Waals surface area contributed by atoms with Crippen molar-refractivity contribution in [1.82, 2.24) is 4.98 Å². The van der Waals surface area contributed by atoms with Gasteiger partial charge in [-0.3, -0.25) is 4.79 Å². The maximum Gasteiger partial charge on any atom is 0.166 e. The van der Waals surface area contributed by atoms with E-state index in [9.17, 15) is 20.3 Å². The molecule has 6 heteroatoms. The van der Waals surface area contributed by atoms with Crippen LogP contribution in [0.25, 0.3) is 0 Å². The summed E-state index contributed by atoms with van der Waals surface area (Å²) in [5, 5.41) is 34.0. The van der Waals surface area contributed by atoms with Gasteiger partial charge in [-0.1, -0.05) is 50.0 Å². The summed E-state index contributed by atoms with van der Waals surface area (Å²) in [6, 6.07) is 10.6. The molecule has 1 heterocycles. The van der Waals surface area contributed by atoms with Crippen LogP contribution in [0, 0.1) is 36.5 Å². The monoisotopic (exact) mass is 600 g/mol. The molecule has 2 aromatic rings. The summed E-state index contributed by atoms with van der Waals surface area (Å²) in [5.74, 6) is 0.779. The fraction of sp³-hybridized carbons (Fsp3) is 0.595. The van der Waals surface area contributed by atoms with Gasteiger partial charge < -0.3 is 10.2 Å². The van der Waals surface area contributed by atoms with Crippen molar-refractivity contribution >= 4 is 17.5 Å². The van der Waals surface area contributed by atoms with Crippen LogP contribution in [0.1, 0.15) is 129 Å². The van der Waals surface area contributed by atoms with Crippen molar-refractivity contribution in [2.24, 2.45) is 11.3 Å². The second kappa shape index (κ2) is 13.3. The molecular weight excluding hydrogens is 552 g/mol. The summed E-state index contributed by atoms with van der Waals surface area (Å²) in [7, 11) is 0. The summed E-state index contributed by atoms with van der Waals surface area (Å²) >= 11 is 1.49. The number of carbonyl (C=O) groups excluding carboxylic acids is 1. The number of aryl methyl sites for hydroxylation is 2. The number of aliphatic hydroxyl groups is 2. The number of nitriles is 1. The number of rotatable bonds is 5. The maximum absolute atomic E-state index is 14.2. The number of nitrogens with zero attached hydrogens (tertiary/aromatic N) is 2. The van der Waals surface area contributed by atoms with Gasteiger partial charge in [-0.25, -0.2) is 4.98 Å². The van der Waals surface area contributed by atoms with Gasteiger partial charge in [0, 0.05) is 28.3 Å². The predicted molar refractivity (Wildman–Crippen MR) is 173 cm³/mol. The van der Waals surface area contributed by atoms with Crippen molar-refractivity contribution in [3.8, 4) is 6.07 Å². The molecule has 0 spiro atoms. The minimum Gasteiger partial charge on any atom is -0.393 e. The fourth-order valence-electron chi connectivity index (χ4n) is 8.01. The van der Waals surface area contributed by atoms with E-state index in [1.165, 1.54) is 23.8 Å². The highest BCUT2D eigenvalue weighted by Crippen LogP contribution is 2.59. The van der Waals surface area contributed by atoms with E-state index < -0.39 is 17.1 Å². The number of carbonyl (C=O) groups is 1. The highest BCUT2D eigenvalue weighted by Gasteiger charge is 2.56. The van der Waals surface area contributed by atoms with Crippen LogP contribution in [0.2, 0.25) is 0 Å². The largest absolute Gasteiger partial charge is 0.393 e. The van der Waals surface area contributed by atoms with Gasteiger partial charge in [0.05, 0.1) is 17.3 Å². The van der Waals surface area contributed by atoms with Crippen LogP contribution in [0.15, 0.2) is 40.9 Å². The molecule has 4 aliphatic carbocycles. The van der Waals surface area contributed by atoms with Crippen molar-refractivity contribution in [2.45, 2.75) is 127 Å². The van der Waals surface area contributed by atoms with E-state index in [4.69, 9.17) is 4.98 Å². The van der Waals surface area contributed by atoms with E-state index in [0.29, 0.717) is 35.6 Å². The van der Waals surface area contributed by atoms with Crippen molar-refractivity contribution in [3.63, 3.8) is 0 Å². The molecule has 0 saturated heterocycles. The maximum atomic E-state index is 14.2. The third-order valence-corrected chi connectivity index (χ3v) is 12.0. The Labute approximate surface area is 262 Å². The number of allylic oxidation sites excluding steroid dienone is 2. The second-order valence-electron chi connectivity index (χ2n) is 13.8. The Morgan fingerprint density at radius 2 is 1.86 bits per heavy atom. The van der Waals surface area contributed by atoms with Crippen LogP contribution in [-0.4, -0.2) is 38.4 Å². The summed E-state index contributed by atoms with van der Waals surface area (Å²) in [6.07, 6.45) is 12.3. The molecule has 0 amide bonds. The molecule has 2 saturated carbocycles. The Bertz CT molecular complexity index is 1420. The smallest absolute Gasteiger partial charge is 0.166 e. The summed E-state index contributed by atoms with van der Waals surface area (Å²) in [5.41, 5.74) is 5.07. The topological polar surface area (TPSA) is 94.2 Å². The zero-order chi connectivity index (χ0) is 30.8. The van der Waals surface area contributed by atoms with Gasteiger partial charge in [0.15, 0.2) is 5.78 Å². The Morgan fingerprint density at radius 3 is 2.60 bits per heavy atom. The number of benzene rings is 1. The van der Waals surface area contributed by atoms with Crippen molar-refractivity contribution in [3.05, 3.63) is 69.4 Å². The van der Waals surface area contributed by atoms with Gasteiger partial charge in [0.2, 0.25) is 0 Å². The van der Waals surface area contributed by atoms with E-state index in [1.54, 1.807) is 0 Å².